The summed E-state index contributed by atoms with van der Waals surface area (Å²) in [6.07, 6.45) is 4.76. The first-order valence-electron chi connectivity index (χ1n) is 6.28. The number of methoxy groups -OCH3 is 1. The summed E-state index contributed by atoms with van der Waals surface area (Å²) >= 11 is 0. The zero-order valence-electron chi connectivity index (χ0n) is 11.2. The summed E-state index contributed by atoms with van der Waals surface area (Å²) in [5.74, 6) is 1.57. The Morgan fingerprint density at radius 3 is 2.76 bits per heavy atom. The van der Waals surface area contributed by atoms with Crippen molar-refractivity contribution in [1.29, 1.82) is 0 Å². The number of carbonyl (C=O) groups excluding carboxylic acids is 1. The summed E-state index contributed by atoms with van der Waals surface area (Å²) in [4.78, 5) is 11.4. The normalized spacial score (nSPS) is 12.5. The first kappa shape index (κ1) is 13.8. The van der Waals surface area contributed by atoms with Gasteiger partial charge in [0.05, 0.1) is 7.11 Å². The SMILES string of the molecule is CCCCCC(C)c1cc(C(=O)OC)c(C)o1. The summed E-state index contributed by atoms with van der Waals surface area (Å²) in [7, 11) is 1.39. The van der Waals surface area contributed by atoms with Crippen molar-refractivity contribution in [1.82, 2.24) is 0 Å². The molecule has 1 heterocycles. The Kier molecular flexibility index (Phi) is 5.26. The van der Waals surface area contributed by atoms with E-state index in [1.807, 2.05) is 6.07 Å². The quantitative estimate of drug-likeness (QED) is 0.554. The molecule has 1 rings (SSSR count). The average molecular weight is 238 g/mol. The van der Waals surface area contributed by atoms with Crippen LogP contribution in [0.5, 0.6) is 0 Å². The van der Waals surface area contributed by atoms with Gasteiger partial charge in [0.2, 0.25) is 0 Å². The van der Waals surface area contributed by atoms with Crippen LogP contribution in [0, 0.1) is 6.92 Å². The third kappa shape index (κ3) is 3.62. The minimum absolute atomic E-state index is 0.321. The van der Waals surface area contributed by atoms with Gasteiger partial charge in [0, 0.05) is 5.92 Å². The van der Waals surface area contributed by atoms with Crippen LogP contribution in [0.1, 0.15) is 67.3 Å². The Balaban J connectivity index is 2.68. The smallest absolute Gasteiger partial charge is 0.341 e. The predicted octanol–water partition coefficient (Wildman–Crippen LogP) is 4.06. The lowest BCUT2D eigenvalue weighted by Crippen LogP contribution is -2.00. The molecule has 0 fully saturated rings. The van der Waals surface area contributed by atoms with E-state index in [0.717, 1.165) is 12.2 Å². The van der Waals surface area contributed by atoms with E-state index in [0.29, 0.717) is 17.2 Å². The van der Waals surface area contributed by atoms with E-state index >= 15 is 0 Å². The molecule has 0 saturated heterocycles. The minimum atomic E-state index is -0.321. The molecule has 96 valence electrons. The summed E-state index contributed by atoms with van der Waals surface area (Å²) in [5.41, 5.74) is 0.546. The number of esters is 1. The van der Waals surface area contributed by atoms with Crippen LogP contribution in [0.3, 0.4) is 0 Å². The highest BCUT2D eigenvalue weighted by molar-refractivity contribution is 5.90. The molecule has 1 unspecified atom stereocenters. The molecule has 0 amide bonds. The third-order valence-electron chi connectivity index (χ3n) is 3.07. The van der Waals surface area contributed by atoms with Gasteiger partial charge in [-0.05, 0) is 19.4 Å². The molecule has 0 aliphatic rings. The maximum atomic E-state index is 11.4. The van der Waals surface area contributed by atoms with Gasteiger partial charge in [0.1, 0.15) is 17.1 Å². The summed E-state index contributed by atoms with van der Waals surface area (Å²) in [5, 5.41) is 0. The Hall–Kier alpha value is -1.25. The molecule has 1 aromatic rings. The standard InChI is InChI=1S/C14H22O3/c1-5-6-7-8-10(2)13-9-12(11(3)17-13)14(15)16-4/h9-10H,5-8H2,1-4H3. The van der Waals surface area contributed by atoms with Gasteiger partial charge in [-0.1, -0.05) is 33.1 Å². The van der Waals surface area contributed by atoms with Crippen molar-refractivity contribution in [3.8, 4) is 0 Å². The van der Waals surface area contributed by atoms with Crippen molar-refractivity contribution in [2.45, 2.75) is 52.4 Å². The first-order chi connectivity index (χ1) is 8.10. The van der Waals surface area contributed by atoms with Crippen LogP contribution in [0.4, 0.5) is 0 Å². The van der Waals surface area contributed by atoms with Gasteiger partial charge in [0.25, 0.3) is 0 Å². The molecule has 17 heavy (non-hydrogen) atoms. The van der Waals surface area contributed by atoms with Crippen molar-refractivity contribution < 1.29 is 13.9 Å². The van der Waals surface area contributed by atoms with Gasteiger partial charge in [-0.15, -0.1) is 0 Å². The maximum absolute atomic E-state index is 11.4. The summed E-state index contributed by atoms with van der Waals surface area (Å²) in [6.45, 7) is 6.13. The summed E-state index contributed by atoms with van der Waals surface area (Å²) in [6, 6.07) is 1.82. The molecule has 0 aromatic carbocycles. The maximum Gasteiger partial charge on any atom is 0.341 e. The van der Waals surface area contributed by atoms with Crippen molar-refractivity contribution in [3.63, 3.8) is 0 Å². The first-order valence-corrected chi connectivity index (χ1v) is 6.28. The van der Waals surface area contributed by atoms with Crippen LogP contribution in [-0.2, 0) is 4.74 Å². The Morgan fingerprint density at radius 2 is 2.18 bits per heavy atom. The fourth-order valence-corrected chi connectivity index (χ4v) is 1.90. The average Bonchev–Trinajstić information content (AvgIpc) is 2.70. The largest absolute Gasteiger partial charge is 0.465 e. The molecule has 0 spiro atoms. The van der Waals surface area contributed by atoms with Gasteiger partial charge in [-0.25, -0.2) is 4.79 Å². The van der Waals surface area contributed by atoms with E-state index in [4.69, 9.17) is 9.15 Å². The number of carbonyl (C=O) groups is 1. The van der Waals surface area contributed by atoms with Crippen molar-refractivity contribution >= 4 is 5.97 Å². The molecule has 0 aliphatic carbocycles. The van der Waals surface area contributed by atoms with Crippen LogP contribution in [0.2, 0.25) is 0 Å². The zero-order chi connectivity index (χ0) is 12.8. The number of ether oxygens (including phenoxy) is 1. The summed E-state index contributed by atoms with van der Waals surface area (Å²) < 4.78 is 10.3. The Labute approximate surface area is 103 Å². The van der Waals surface area contributed by atoms with E-state index in [2.05, 4.69) is 13.8 Å². The van der Waals surface area contributed by atoms with Crippen molar-refractivity contribution in [2.75, 3.05) is 7.11 Å². The highest BCUT2D eigenvalue weighted by atomic mass is 16.5. The van der Waals surface area contributed by atoms with Crippen LogP contribution < -0.4 is 0 Å². The van der Waals surface area contributed by atoms with Crippen LogP contribution in [0.15, 0.2) is 10.5 Å². The second kappa shape index (κ2) is 6.48. The van der Waals surface area contributed by atoms with Gasteiger partial charge in [-0.3, -0.25) is 0 Å². The van der Waals surface area contributed by atoms with E-state index in [9.17, 15) is 4.79 Å². The fraction of sp³-hybridized carbons (Fsp3) is 0.643. The molecule has 0 bridgehead atoms. The highest BCUT2D eigenvalue weighted by Gasteiger charge is 2.18. The van der Waals surface area contributed by atoms with E-state index in [-0.39, 0.29) is 5.97 Å². The molecule has 1 atom stereocenters. The molecule has 0 aliphatic heterocycles. The molecular weight excluding hydrogens is 216 g/mol. The Morgan fingerprint density at radius 1 is 1.47 bits per heavy atom. The molecular formula is C14H22O3. The number of furan rings is 1. The fourth-order valence-electron chi connectivity index (χ4n) is 1.90. The van der Waals surface area contributed by atoms with Gasteiger partial charge >= 0.3 is 5.97 Å². The van der Waals surface area contributed by atoms with Crippen LogP contribution in [0.25, 0.3) is 0 Å². The molecule has 0 N–H and O–H groups in total. The minimum Gasteiger partial charge on any atom is -0.465 e. The van der Waals surface area contributed by atoms with E-state index in [1.54, 1.807) is 6.92 Å². The second-order valence-corrected chi connectivity index (χ2v) is 4.51. The second-order valence-electron chi connectivity index (χ2n) is 4.51. The van der Waals surface area contributed by atoms with Crippen LogP contribution in [-0.4, -0.2) is 13.1 Å². The zero-order valence-corrected chi connectivity index (χ0v) is 11.2. The highest BCUT2D eigenvalue weighted by Crippen LogP contribution is 2.26. The number of hydrogen-bond donors (Lipinski definition) is 0. The molecule has 0 saturated carbocycles. The predicted molar refractivity (Wildman–Crippen MR) is 67.3 cm³/mol. The molecule has 3 heteroatoms. The van der Waals surface area contributed by atoms with Gasteiger partial charge in [0.15, 0.2) is 0 Å². The third-order valence-corrected chi connectivity index (χ3v) is 3.07. The number of rotatable bonds is 6. The van der Waals surface area contributed by atoms with E-state index in [1.165, 1.54) is 26.4 Å². The lowest BCUT2D eigenvalue weighted by Gasteiger charge is -2.06. The monoisotopic (exact) mass is 238 g/mol. The number of aryl methyl sites for hydroxylation is 1. The van der Waals surface area contributed by atoms with Gasteiger partial charge in [-0.2, -0.15) is 0 Å². The molecule has 1 aromatic heterocycles. The van der Waals surface area contributed by atoms with Crippen molar-refractivity contribution in [2.24, 2.45) is 0 Å². The lowest BCUT2D eigenvalue weighted by molar-refractivity contribution is 0.0599. The lowest BCUT2D eigenvalue weighted by atomic mass is 10.0. The van der Waals surface area contributed by atoms with Crippen LogP contribution >= 0.6 is 0 Å². The van der Waals surface area contributed by atoms with E-state index < -0.39 is 0 Å². The topological polar surface area (TPSA) is 39.4 Å². The molecule has 3 nitrogen and oxygen atoms in total. The molecule has 0 radical (unpaired) electrons. The van der Waals surface area contributed by atoms with Gasteiger partial charge < -0.3 is 9.15 Å². The van der Waals surface area contributed by atoms with Crippen molar-refractivity contribution in [3.05, 3.63) is 23.2 Å². The Bertz CT molecular complexity index is 366. The number of unbranched alkanes of at least 4 members (excludes halogenated alkanes) is 2. The number of hydrogen-bond acceptors (Lipinski definition) is 3.